The largest absolute Gasteiger partial charge is 0.381 e. The molecule has 0 spiro atoms. The van der Waals surface area contributed by atoms with Gasteiger partial charge in [-0.15, -0.1) is 0 Å². The van der Waals surface area contributed by atoms with E-state index in [-0.39, 0.29) is 0 Å². The monoisotopic (exact) mass is 277 g/mol. The SMILES string of the molecule is CC[C@H]1OC(n2cc(F)c(N)nc2=O)C(F)(F)[C@@H]1C. The summed E-state index contributed by atoms with van der Waals surface area (Å²) in [5.74, 6) is -6.02. The van der Waals surface area contributed by atoms with Crippen molar-refractivity contribution in [3.63, 3.8) is 0 Å². The first-order chi connectivity index (χ1) is 8.78. The van der Waals surface area contributed by atoms with Crippen molar-refractivity contribution >= 4 is 5.82 Å². The van der Waals surface area contributed by atoms with Crippen molar-refractivity contribution in [2.24, 2.45) is 5.92 Å². The first-order valence-electron chi connectivity index (χ1n) is 5.86. The van der Waals surface area contributed by atoms with Crippen LogP contribution >= 0.6 is 0 Å². The van der Waals surface area contributed by atoms with E-state index in [1.54, 1.807) is 6.92 Å². The van der Waals surface area contributed by atoms with Crippen molar-refractivity contribution in [2.45, 2.75) is 38.5 Å². The molecule has 5 nitrogen and oxygen atoms in total. The number of alkyl halides is 2. The molecule has 19 heavy (non-hydrogen) atoms. The molecule has 0 aliphatic carbocycles. The molecular weight excluding hydrogens is 263 g/mol. The minimum Gasteiger partial charge on any atom is -0.381 e. The van der Waals surface area contributed by atoms with Gasteiger partial charge < -0.3 is 10.5 Å². The van der Waals surface area contributed by atoms with Crippen LogP contribution in [0.15, 0.2) is 11.0 Å². The Morgan fingerprint density at radius 1 is 1.58 bits per heavy atom. The maximum Gasteiger partial charge on any atom is 0.352 e. The highest BCUT2D eigenvalue weighted by atomic mass is 19.3. The second-order valence-electron chi connectivity index (χ2n) is 4.56. The van der Waals surface area contributed by atoms with Crippen LogP contribution in [-0.4, -0.2) is 21.6 Å². The summed E-state index contributed by atoms with van der Waals surface area (Å²) >= 11 is 0. The standard InChI is InChI=1S/C11H14F3N3O2/c1-3-7-5(2)11(13,14)9(19-7)17-4-6(12)8(15)16-10(17)18/h4-5,7,9H,3H2,1-2H3,(H2,15,16,18)/t5-,7-,9?/m1/s1. The van der Waals surface area contributed by atoms with Gasteiger partial charge in [0.05, 0.1) is 18.2 Å². The lowest BCUT2D eigenvalue weighted by molar-refractivity contribution is -0.125. The average molecular weight is 277 g/mol. The van der Waals surface area contributed by atoms with E-state index < -0.39 is 41.5 Å². The third-order valence-electron chi connectivity index (χ3n) is 3.39. The molecule has 2 N–H and O–H groups in total. The van der Waals surface area contributed by atoms with Gasteiger partial charge in [-0.05, 0) is 6.42 Å². The third kappa shape index (κ3) is 2.09. The summed E-state index contributed by atoms with van der Waals surface area (Å²) in [7, 11) is 0. The molecule has 0 bridgehead atoms. The zero-order valence-electron chi connectivity index (χ0n) is 10.4. The summed E-state index contributed by atoms with van der Waals surface area (Å²) in [5, 5.41) is 0. The topological polar surface area (TPSA) is 70.1 Å². The molecule has 1 aliphatic rings. The molecule has 0 aromatic carbocycles. The molecule has 1 saturated heterocycles. The summed E-state index contributed by atoms with van der Waals surface area (Å²) < 4.78 is 47.1. The Morgan fingerprint density at radius 2 is 2.21 bits per heavy atom. The number of aromatic nitrogens is 2. The smallest absolute Gasteiger partial charge is 0.352 e. The van der Waals surface area contributed by atoms with Gasteiger partial charge in [0.2, 0.25) is 6.23 Å². The Balaban J connectivity index is 2.48. The van der Waals surface area contributed by atoms with E-state index in [4.69, 9.17) is 10.5 Å². The molecule has 1 fully saturated rings. The zero-order valence-corrected chi connectivity index (χ0v) is 10.4. The number of halogens is 3. The van der Waals surface area contributed by atoms with Gasteiger partial charge in [0.1, 0.15) is 0 Å². The number of nitrogens with two attached hydrogens (primary N) is 1. The summed E-state index contributed by atoms with van der Waals surface area (Å²) in [5.41, 5.74) is 4.05. The number of anilines is 1. The van der Waals surface area contributed by atoms with Gasteiger partial charge in [0, 0.05) is 0 Å². The van der Waals surface area contributed by atoms with Gasteiger partial charge >= 0.3 is 5.69 Å². The predicted molar refractivity (Wildman–Crippen MR) is 61.2 cm³/mol. The molecule has 0 radical (unpaired) electrons. The molecule has 3 atom stereocenters. The van der Waals surface area contributed by atoms with Gasteiger partial charge in [-0.2, -0.15) is 4.98 Å². The van der Waals surface area contributed by atoms with Gasteiger partial charge in [-0.3, -0.25) is 4.57 Å². The number of hydrogen-bond donors (Lipinski definition) is 1. The molecule has 1 aromatic rings. The lowest BCUT2D eigenvalue weighted by Gasteiger charge is -2.21. The van der Waals surface area contributed by atoms with Gasteiger partial charge in [0.15, 0.2) is 11.6 Å². The summed E-state index contributed by atoms with van der Waals surface area (Å²) in [6, 6.07) is 0. The summed E-state index contributed by atoms with van der Waals surface area (Å²) in [6.45, 7) is 3.03. The van der Waals surface area contributed by atoms with E-state index in [9.17, 15) is 18.0 Å². The van der Waals surface area contributed by atoms with Crippen LogP contribution in [0.2, 0.25) is 0 Å². The highest BCUT2D eigenvalue weighted by molar-refractivity contribution is 5.26. The molecular formula is C11H14F3N3O2. The normalized spacial score (nSPS) is 29.6. The lowest BCUT2D eigenvalue weighted by atomic mass is 9.98. The summed E-state index contributed by atoms with van der Waals surface area (Å²) in [6.07, 6.45) is -1.59. The molecule has 2 rings (SSSR count). The fourth-order valence-electron chi connectivity index (χ4n) is 2.17. The van der Waals surface area contributed by atoms with Crippen LogP contribution in [0.1, 0.15) is 26.5 Å². The third-order valence-corrected chi connectivity index (χ3v) is 3.39. The number of hydrogen-bond acceptors (Lipinski definition) is 4. The van der Waals surface area contributed by atoms with Gasteiger partial charge in [-0.25, -0.2) is 18.0 Å². The fourth-order valence-corrected chi connectivity index (χ4v) is 2.17. The predicted octanol–water partition coefficient (Wildman–Crippen LogP) is 1.54. The van der Waals surface area contributed by atoms with Crippen molar-refractivity contribution in [1.29, 1.82) is 0 Å². The van der Waals surface area contributed by atoms with Crippen LogP contribution in [0.25, 0.3) is 0 Å². The van der Waals surface area contributed by atoms with E-state index in [0.717, 1.165) is 0 Å². The number of ether oxygens (including phenoxy) is 1. The van der Waals surface area contributed by atoms with Gasteiger partial charge in [0.25, 0.3) is 5.92 Å². The molecule has 0 saturated carbocycles. The lowest BCUT2D eigenvalue weighted by Crippen LogP contribution is -2.38. The molecule has 1 aliphatic heterocycles. The minimum absolute atomic E-state index is 0.368. The Kier molecular flexibility index (Phi) is 3.29. The maximum atomic E-state index is 14.1. The van der Waals surface area contributed by atoms with E-state index in [1.165, 1.54) is 6.92 Å². The molecule has 1 unspecified atom stereocenters. The van der Waals surface area contributed by atoms with Crippen molar-refractivity contribution < 1.29 is 17.9 Å². The molecule has 106 valence electrons. The van der Waals surface area contributed by atoms with Crippen molar-refractivity contribution in [3.8, 4) is 0 Å². The fraction of sp³-hybridized carbons (Fsp3) is 0.636. The summed E-state index contributed by atoms with van der Waals surface area (Å²) in [4.78, 5) is 14.7. The average Bonchev–Trinajstić information content (AvgIpc) is 2.56. The van der Waals surface area contributed by atoms with E-state index in [2.05, 4.69) is 4.98 Å². The first-order valence-corrected chi connectivity index (χ1v) is 5.86. The number of rotatable bonds is 2. The minimum atomic E-state index is -3.28. The Bertz CT molecular complexity index is 546. The zero-order chi connectivity index (χ0) is 14.4. The van der Waals surface area contributed by atoms with Crippen LogP contribution in [0.3, 0.4) is 0 Å². The van der Waals surface area contributed by atoms with Crippen molar-refractivity contribution in [3.05, 3.63) is 22.5 Å². The quantitative estimate of drug-likeness (QED) is 0.890. The Labute approximate surface area is 107 Å². The second kappa shape index (κ2) is 4.52. The van der Waals surface area contributed by atoms with Crippen LogP contribution < -0.4 is 11.4 Å². The number of nitrogen functional groups attached to an aromatic ring is 1. The van der Waals surface area contributed by atoms with E-state index >= 15 is 0 Å². The highest BCUT2D eigenvalue weighted by Gasteiger charge is 2.57. The van der Waals surface area contributed by atoms with Crippen LogP contribution in [0.4, 0.5) is 19.0 Å². The second-order valence-corrected chi connectivity index (χ2v) is 4.56. The molecule has 0 amide bonds. The van der Waals surface area contributed by atoms with Crippen molar-refractivity contribution in [1.82, 2.24) is 9.55 Å². The molecule has 8 heteroatoms. The van der Waals surface area contributed by atoms with E-state index in [0.29, 0.717) is 17.2 Å². The number of nitrogens with zero attached hydrogens (tertiary/aromatic N) is 2. The molecule has 1 aromatic heterocycles. The molecule has 2 heterocycles. The van der Waals surface area contributed by atoms with E-state index in [1.807, 2.05) is 0 Å². The Hall–Kier alpha value is -1.57. The first kappa shape index (κ1) is 13.9. The van der Waals surface area contributed by atoms with Crippen LogP contribution in [-0.2, 0) is 4.74 Å². The van der Waals surface area contributed by atoms with Gasteiger partial charge in [-0.1, -0.05) is 13.8 Å². The Morgan fingerprint density at radius 3 is 2.74 bits per heavy atom. The highest BCUT2D eigenvalue weighted by Crippen LogP contribution is 2.47. The van der Waals surface area contributed by atoms with Crippen molar-refractivity contribution in [2.75, 3.05) is 5.73 Å². The van der Waals surface area contributed by atoms with Crippen LogP contribution in [0, 0.1) is 11.7 Å². The maximum absolute atomic E-state index is 14.1. The van der Waals surface area contributed by atoms with Crippen LogP contribution in [0.5, 0.6) is 0 Å².